The third kappa shape index (κ3) is 4.42. The van der Waals surface area contributed by atoms with Gasteiger partial charge in [-0.05, 0) is 38.0 Å². The van der Waals surface area contributed by atoms with Gasteiger partial charge in [0.05, 0.1) is 6.54 Å². The Balaban J connectivity index is 1.72. The molecule has 1 unspecified atom stereocenters. The van der Waals surface area contributed by atoms with Gasteiger partial charge in [0.1, 0.15) is 6.26 Å². The number of hydrogen-bond acceptors (Lipinski definition) is 6. The number of nitrogens with zero attached hydrogens (tertiary/aromatic N) is 3. The van der Waals surface area contributed by atoms with Crippen LogP contribution in [0.1, 0.15) is 49.1 Å². The van der Waals surface area contributed by atoms with Gasteiger partial charge in [0.2, 0.25) is 12.7 Å². The standard InChI is InChI=1S/C20H27N3O4/c1-5-14(3)23(10-15-7-8-17-18(9-15)27-13-26-17)11-19-21-16(12-25-19)20(24)22(4)6-2/h7-9,12,14H,5-6,10-11,13H2,1-4H3. The van der Waals surface area contributed by atoms with Crippen LogP contribution in [0.25, 0.3) is 0 Å². The predicted octanol–water partition coefficient (Wildman–Crippen LogP) is 3.30. The average Bonchev–Trinajstić information content (AvgIpc) is 3.34. The molecule has 0 spiro atoms. The lowest BCUT2D eigenvalue weighted by Crippen LogP contribution is -2.32. The van der Waals surface area contributed by atoms with Crippen molar-refractivity contribution < 1.29 is 18.7 Å². The molecule has 1 aliphatic rings. The Labute approximate surface area is 159 Å². The second-order valence-corrected chi connectivity index (χ2v) is 6.80. The molecular weight excluding hydrogens is 346 g/mol. The number of hydrogen-bond donors (Lipinski definition) is 0. The summed E-state index contributed by atoms with van der Waals surface area (Å²) >= 11 is 0. The summed E-state index contributed by atoms with van der Waals surface area (Å²) in [5.74, 6) is 1.98. The second-order valence-electron chi connectivity index (χ2n) is 6.80. The first-order chi connectivity index (χ1) is 13.0. The maximum Gasteiger partial charge on any atom is 0.275 e. The smallest absolute Gasteiger partial charge is 0.275 e. The van der Waals surface area contributed by atoms with Crippen molar-refractivity contribution in [1.82, 2.24) is 14.8 Å². The van der Waals surface area contributed by atoms with Crippen molar-refractivity contribution in [2.75, 3.05) is 20.4 Å². The molecule has 2 heterocycles. The Bertz CT molecular complexity index is 789. The third-order valence-corrected chi connectivity index (χ3v) is 4.97. The topological polar surface area (TPSA) is 68.0 Å². The summed E-state index contributed by atoms with van der Waals surface area (Å²) in [5.41, 5.74) is 1.48. The average molecular weight is 373 g/mol. The zero-order valence-corrected chi connectivity index (χ0v) is 16.4. The van der Waals surface area contributed by atoms with Gasteiger partial charge >= 0.3 is 0 Å². The molecule has 0 aliphatic carbocycles. The molecule has 27 heavy (non-hydrogen) atoms. The van der Waals surface area contributed by atoms with Crippen LogP contribution in [-0.2, 0) is 13.1 Å². The van der Waals surface area contributed by atoms with Gasteiger partial charge < -0.3 is 18.8 Å². The van der Waals surface area contributed by atoms with E-state index in [0.717, 1.165) is 30.0 Å². The third-order valence-electron chi connectivity index (χ3n) is 4.97. The highest BCUT2D eigenvalue weighted by Gasteiger charge is 2.21. The molecule has 0 saturated carbocycles. The number of oxazole rings is 1. The van der Waals surface area contributed by atoms with E-state index >= 15 is 0 Å². The van der Waals surface area contributed by atoms with Gasteiger partial charge in [0.25, 0.3) is 5.91 Å². The van der Waals surface area contributed by atoms with Crippen LogP contribution in [0.5, 0.6) is 11.5 Å². The summed E-state index contributed by atoms with van der Waals surface area (Å²) in [5, 5.41) is 0. The van der Waals surface area contributed by atoms with Gasteiger partial charge in [-0.1, -0.05) is 13.0 Å². The van der Waals surface area contributed by atoms with Gasteiger partial charge in [-0.3, -0.25) is 9.69 Å². The van der Waals surface area contributed by atoms with E-state index in [9.17, 15) is 4.79 Å². The Morgan fingerprint density at radius 2 is 2.00 bits per heavy atom. The van der Waals surface area contributed by atoms with E-state index in [2.05, 4.69) is 23.7 Å². The van der Waals surface area contributed by atoms with Gasteiger partial charge in [0.15, 0.2) is 17.2 Å². The fraction of sp³-hybridized carbons (Fsp3) is 0.500. The van der Waals surface area contributed by atoms with Crippen LogP contribution in [0.4, 0.5) is 0 Å². The molecular formula is C20H27N3O4. The van der Waals surface area contributed by atoms with Crippen LogP contribution in [-0.4, -0.2) is 47.1 Å². The fourth-order valence-electron chi connectivity index (χ4n) is 2.89. The quantitative estimate of drug-likeness (QED) is 0.707. The SMILES string of the molecule is CCC(C)N(Cc1ccc2c(c1)OCO2)Cc1nc(C(=O)N(C)CC)co1. The Hall–Kier alpha value is -2.54. The molecule has 0 fully saturated rings. The number of fused-ring (bicyclic) bond motifs is 1. The minimum Gasteiger partial charge on any atom is -0.454 e. The summed E-state index contributed by atoms with van der Waals surface area (Å²) in [6.07, 6.45) is 2.44. The lowest BCUT2D eigenvalue weighted by atomic mass is 10.1. The number of carbonyl (C=O) groups is 1. The van der Waals surface area contributed by atoms with E-state index < -0.39 is 0 Å². The highest BCUT2D eigenvalue weighted by molar-refractivity contribution is 5.91. The second kappa shape index (κ2) is 8.43. The summed E-state index contributed by atoms with van der Waals surface area (Å²) < 4.78 is 16.4. The highest BCUT2D eigenvalue weighted by Crippen LogP contribution is 2.33. The number of amides is 1. The highest BCUT2D eigenvalue weighted by atomic mass is 16.7. The van der Waals surface area contributed by atoms with Crippen molar-refractivity contribution in [2.24, 2.45) is 0 Å². The largest absolute Gasteiger partial charge is 0.454 e. The lowest BCUT2D eigenvalue weighted by Gasteiger charge is -2.27. The van der Waals surface area contributed by atoms with Gasteiger partial charge in [-0.2, -0.15) is 0 Å². The zero-order valence-electron chi connectivity index (χ0n) is 16.4. The van der Waals surface area contributed by atoms with E-state index in [1.54, 1.807) is 11.9 Å². The van der Waals surface area contributed by atoms with Crippen LogP contribution in [0.2, 0.25) is 0 Å². The van der Waals surface area contributed by atoms with Crippen LogP contribution in [0.3, 0.4) is 0 Å². The molecule has 0 N–H and O–H groups in total. The molecule has 1 aliphatic heterocycles. The molecule has 1 amide bonds. The normalized spacial score (nSPS) is 13.8. The molecule has 0 bridgehead atoms. The maximum atomic E-state index is 12.2. The first-order valence-corrected chi connectivity index (χ1v) is 9.34. The molecule has 1 aromatic carbocycles. The molecule has 0 saturated heterocycles. The summed E-state index contributed by atoms with van der Waals surface area (Å²) in [4.78, 5) is 20.5. The maximum absolute atomic E-state index is 12.2. The van der Waals surface area contributed by atoms with Gasteiger partial charge in [-0.15, -0.1) is 0 Å². The Morgan fingerprint density at radius 3 is 2.74 bits per heavy atom. The zero-order chi connectivity index (χ0) is 19.4. The fourth-order valence-corrected chi connectivity index (χ4v) is 2.89. The van der Waals surface area contributed by atoms with Gasteiger partial charge in [-0.25, -0.2) is 4.98 Å². The molecule has 2 aromatic rings. The number of carbonyl (C=O) groups excluding carboxylic acids is 1. The Morgan fingerprint density at radius 1 is 1.22 bits per heavy atom. The van der Waals surface area contributed by atoms with Crippen LogP contribution in [0.15, 0.2) is 28.9 Å². The monoisotopic (exact) mass is 373 g/mol. The van der Waals surface area contributed by atoms with E-state index in [1.807, 2.05) is 25.1 Å². The van der Waals surface area contributed by atoms with Crippen molar-refractivity contribution >= 4 is 5.91 Å². The van der Waals surface area contributed by atoms with E-state index in [1.165, 1.54) is 6.26 Å². The summed E-state index contributed by atoms with van der Waals surface area (Å²) in [6, 6.07) is 6.33. The van der Waals surface area contributed by atoms with Crippen molar-refractivity contribution in [2.45, 2.75) is 46.3 Å². The molecule has 7 heteroatoms. The summed E-state index contributed by atoms with van der Waals surface area (Å²) in [7, 11) is 1.75. The number of benzene rings is 1. The number of aromatic nitrogens is 1. The van der Waals surface area contributed by atoms with Crippen molar-refractivity contribution in [3.05, 3.63) is 41.6 Å². The minimum absolute atomic E-state index is 0.127. The van der Waals surface area contributed by atoms with Crippen molar-refractivity contribution in [1.29, 1.82) is 0 Å². The first kappa shape index (κ1) is 19.2. The minimum atomic E-state index is -0.127. The number of rotatable bonds is 8. The Kier molecular flexibility index (Phi) is 6.01. The van der Waals surface area contributed by atoms with Crippen molar-refractivity contribution in [3.8, 4) is 11.5 Å². The molecule has 1 atom stereocenters. The van der Waals surface area contributed by atoms with Crippen LogP contribution in [0, 0.1) is 0 Å². The molecule has 146 valence electrons. The first-order valence-electron chi connectivity index (χ1n) is 9.34. The molecule has 3 rings (SSSR count). The lowest BCUT2D eigenvalue weighted by molar-refractivity contribution is 0.0796. The summed E-state index contributed by atoms with van der Waals surface area (Å²) in [6.45, 7) is 8.41. The van der Waals surface area contributed by atoms with E-state index in [0.29, 0.717) is 30.7 Å². The van der Waals surface area contributed by atoms with E-state index in [-0.39, 0.29) is 12.7 Å². The van der Waals surface area contributed by atoms with Crippen molar-refractivity contribution in [3.63, 3.8) is 0 Å². The van der Waals surface area contributed by atoms with Crippen LogP contribution >= 0.6 is 0 Å². The molecule has 1 aromatic heterocycles. The predicted molar refractivity (Wildman–Crippen MR) is 101 cm³/mol. The van der Waals surface area contributed by atoms with E-state index in [4.69, 9.17) is 13.9 Å². The molecule has 7 nitrogen and oxygen atoms in total. The van der Waals surface area contributed by atoms with Crippen LogP contribution < -0.4 is 9.47 Å². The number of ether oxygens (including phenoxy) is 2. The molecule has 0 radical (unpaired) electrons. The van der Waals surface area contributed by atoms with Gasteiger partial charge in [0, 0.05) is 26.2 Å².